The topological polar surface area (TPSA) is 105 Å². The summed E-state index contributed by atoms with van der Waals surface area (Å²) < 4.78 is 0.711. The van der Waals surface area contributed by atoms with Crippen molar-refractivity contribution in [2.24, 2.45) is 11.8 Å². The highest BCUT2D eigenvalue weighted by molar-refractivity contribution is 9.10. The minimum absolute atomic E-state index is 0.0573. The lowest BCUT2D eigenvalue weighted by atomic mass is 9.80. The monoisotopic (exact) mass is 353 g/mol. The van der Waals surface area contributed by atoms with E-state index in [1.165, 1.54) is 0 Å². The molecule has 0 amide bonds. The predicted molar refractivity (Wildman–Crippen MR) is 78.5 cm³/mol. The van der Waals surface area contributed by atoms with Gasteiger partial charge in [0.05, 0.1) is 5.92 Å². The predicted octanol–water partition coefficient (Wildman–Crippen LogP) is 2.04. The van der Waals surface area contributed by atoms with Crippen LogP contribution < -0.4 is 0 Å². The number of carbonyl (C=O) groups is 1. The Morgan fingerprint density at radius 1 is 1.43 bits per heavy atom. The van der Waals surface area contributed by atoms with Crippen LogP contribution in [0.15, 0.2) is 22.8 Å². The third-order valence-corrected chi connectivity index (χ3v) is 3.77. The summed E-state index contributed by atoms with van der Waals surface area (Å²) in [6.45, 7) is 3.75. The summed E-state index contributed by atoms with van der Waals surface area (Å²) in [7, 11) is 0. The molecule has 0 saturated carbocycles. The molecule has 112 valence electrons. The standard InChI is InChI=1S/C13H16BrN5O2/c1-7(2)11(13(20)21)9(12-16-18-19-17-12)6-8-4-3-5-10(14)15-8/h3-5,7,9,11H,6H2,1-2H3,(H,20,21)(H,16,17,18,19)/t9-,11?/m0/s1. The van der Waals surface area contributed by atoms with Gasteiger partial charge in [-0.1, -0.05) is 25.1 Å². The second kappa shape index (κ2) is 6.75. The smallest absolute Gasteiger partial charge is 0.307 e. The fourth-order valence-electron chi connectivity index (χ4n) is 2.42. The molecule has 1 unspecified atom stereocenters. The van der Waals surface area contributed by atoms with E-state index in [4.69, 9.17) is 0 Å². The van der Waals surface area contributed by atoms with Gasteiger partial charge in [0.2, 0.25) is 0 Å². The van der Waals surface area contributed by atoms with E-state index >= 15 is 0 Å². The number of nitrogens with zero attached hydrogens (tertiary/aromatic N) is 4. The van der Waals surface area contributed by atoms with Crippen LogP contribution in [0.3, 0.4) is 0 Å². The summed E-state index contributed by atoms with van der Waals surface area (Å²) >= 11 is 3.32. The Labute approximate surface area is 130 Å². The van der Waals surface area contributed by atoms with Gasteiger partial charge in [-0.05, 0) is 34.0 Å². The average molecular weight is 354 g/mol. The zero-order valence-corrected chi connectivity index (χ0v) is 13.3. The van der Waals surface area contributed by atoms with Crippen LogP contribution in [-0.2, 0) is 11.2 Å². The van der Waals surface area contributed by atoms with Gasteiger partial charge in [0.15, 0.2) is 5.82 Å². The van der Waals surface area contributed by atoms with Crippen molar-refractivity contribution in [3.63, 3.8) is 0 Å². The summed E-state index contributed by atoms with van der Waals surface area (Å²) in [5.74, 6) is -1.52. The Hall–Kier alpha value is -1.83. The fourth-order valence-corrected chi connectivity index (χ4v) is 2.80. The number of hydrogen-bond acceptors (Lipinski definition) is 5. The number of aromatic nitrogens is 5. The number of aliphatic carboxylic acids is 1. The van der Waals surface area contributed by atoms with Crippen molar-refractivity contribution in [1.29, 1.82) is 0 Å². The van der Waals surface area contributed by atoms with Crippen molar-refractivity contribution in [3.05, 3.63) is 34.3 Å². The lowest BCUT2D eigenvalue weighted by molar-refractivity contribution is -0.144. The maximum atomic E-state index is 11.6. The van der Waals surface area contributed by atoms with Crippen LogP contribution in [0.2, 0.25) is 0 Å². The average Bonchev–Trinajstić information content (AvgIpc) is 2.90. The summed E-state index contributed by atoms with van der Waals surface area (Å²) in [5, 5.41) is 23.4. The molecule has 0 fully saturated rings. The first-order chi connectivity index (χ1) is 9.99. The fraction of sp³-hybridized carbons (Fsp3) is 0.462. The van der Waals surface area contributed by atoms with Crippen molar-refractivity contribution in [2.45, 2.75) is 26.2 Å². The molecule has 0 aliphatic heterocycles. The molecule has 2 aromatic heterocycles. The Kier molecular flexibility index (Phi) is 5.00. The largest absolute Gasteiger partial charge is 0.481 e. The molecule has 2 atom stereocenters. The first-order valence-corrected chi connectivity index (χ1v) is 7.36. The minimum atomic E-state index is -0.866. The maximum absolute atomic E-state index is 11.6. The number of hydrogen-bond donors (Lipinski definition) is 2. The highest BCUT2D eigenvalue weighted by atomic mass is 79.9. The Morgan fingerprint density at radius 3 is 2.71 bits per heavy atom. The van der Waals surface area contributed by atoms with Gasteiger partial charge in [-0.25, -0.2) is 4.98 Å². The van der Waals surface area contributed by atoms with E-state index in [-0.39, 0.29) is 11.8 Å². The number of carboxylic acid groups (broad SMARTS) is 1. The van der Waals surface area contributed by atoms with E-state index < -0.39 is 11.9 Å². The zero-order chi connectivity index (χ0) is 15.4. The molecule has 2 heterocycles. The summed E-state index contributed by atoms with van der Waals surface area (Å²) in [6, 6.07) is 5.55. The molecule has 2 aromatic rings. The summed E-state index contributed by atoms with van der Waals surface area (Å²) in [5.41, 5.74) is 0.783. The summed E-state index contributed by atoms with van der Waals surface area (Å²) in [6.07, 6.45) is 0.439. The molecular weight excluding hydrogens is 338 g/mol. The quantitative estimate of drug-likeness (QED) is 0.770. The van der Waals surface area contributed by atoms with Crippen molar-refractivity contribution < 1.29 is 9.90 Å². The lowest BCUT2D eigenvalue weighted by Gasteiger charge is -2.24. The third kappa shape index (κ3) is 3.84. The van der Waals surface area contributed by atoms with Crippen molar-refractivity contribution in [3.8, 4) is 0 Å². The van der Waals surface area contributed by atoms with Crippen LogP contribution in [0.5, 0.6) is 0 Å². The second-order valence-corrected chi connectivity index (χ2v) is 5.95. The SMILES string of the molecule is CC(C)C(C(=O)O)[C@H](Cc1cccc(Br)n1)c1nn[nH]n1. The van der Waals surface area contributed by atoms with Gasteiger partial charge in [0.1, 0.15) is 4.60 Å². The van der Waals surface area contributed by atoms with Crippen LogP contribution in [0.4, 0.5) is 0 Å². The number of nitrogens with one attached hydrogen (secondary N) is 1. The van der Waals surface area contributed by atoms with E-state index in [9.17, 15) is 9.90 Å². The van der Waals surface area contributed by atoms with Gasteiger partial charge >= 0.3 is 5.97 Å². The molecule has 2 rings (SSSR count). The van der Waals surface area contributed by atoms with E-state index in [1.54, 1.807) is 0 Å². The minimum Gasteiger partial charge on any atom is -0.481 e. The normalized spacial score (nSPS) is 14.1. The number of rotatable bonds is 6. The molecule has 7 nitrogen and oxygen atoms in total. The van der Waals surface area contributed by atoms with E-state index in [1.807, 2.05) is 32.0 Å². The lowest BCUT2D eigenvalue weighted by Crippen LogP contribution is -2.29. The molecule has 0 saturated heterocycles. The third-order valence-electron chi connectivity index (χ3n) is 3.33. The molecular formula is C13H16BrN5O2. The molecule has 0 bridgehead atoms. The molecule has 0 aliphatic carbocycles. The van der Waals surface area contributed by atoms with Crippen molar-refractivity contribution in [1.82, 2.24) is 25.6 Å². The van der Waals surface area contributed by atoms with E-state index in [0.29, 0.717) is 16.8 Å². The molecule has 2 N–H and O–H groups in total. The van der Waals surface area contributed by atoms with Crippen LogP contribution >= 0.6 is 15.9 Å². The Bertz CT molecular complexity index is 602. The number of tetrazole rings is 1. The Balaban J connectivity index is 2.35. The van der Waals surface area contributed by atoms with Crippen LogP contribution in [0, 0.1) is 11.8 Å². The van der Waals surface area contributed by atoms with Gasteiger partial charge in [0, 0.05) is 18.0 Å². The molecule has 0 aromatic carbocycles. The number of aromatic amines is 1. The van der Waals surface area contributed by atoms with Gasteiger partial charge in [0.25, 0.3) is 0 Å². The maximum Gasteiger partial charge on any atom is 0.307 e. The van der Waals surface area contributed by atoms with Crippen LogP contribution in [0.25, 0.3) is 0 Å². The van der Waals surface area contributed by atoms with Crippen LogP contribution in [-0.4, -0.2) is 36.7 Å². The molecule has 0 spiro atoms. The number of halogens is 1. The highest BCUT2D eigenvalue weighted by Crippen LogP contribution is 2.31. The van der Waals surface area contributed by atoms with E-state index in [2.05, 4.69) is 41.5 Å². The van der Waals surface area contributed by atoms with Gasteiger partial charge in [-0.15, -0.1) is 10.2 Å². The second-order valence-electron chi connectivity index (χ2n) is 5.14. The summed E-state index contributed by atoms with van der Waals surface area (Å²) in [4.78, 5) is 16.0. The van der Waals surface area contributed by atoms with Gasteiger partial charge < -0.3 is 5.11 Å². The van der Waals surface area contributed by atoms with E-state index in [0.717, 1.165) is 5.69 Å². The molecule has 8 heteroatoms. The van der Waals surface area contributed by atoms with Gasteiger partial charge in [-0.2, -0.15) is 5.21 Å². The molecule has 0 aliphatic rings. The highest BCUT2D eigenvalue weighted by Gasteiger charge is 2.35. The Morgan fingerprint density at radius 2 is 2.19 bits per heavy atom. The molecule has 0 radical (unpaired) electrons. The van der Waals surface area contributed by atoms with Crippen molar-refractivity contribution in [2.75, 3.05) is 0 Å². The number of carboxylic acids is 1. The van der Waals surface area contributed by atoms with Crippen molar-refractivity contribution >= 4 is 21.9 Å². The number of H-pyrrole nitrogens is 1. The van der Waals surface area contributed by atoms with Crippen LogP contribution in [0.1, 0.15) is 31.3 Å². The van der Waals surface area contributed by atoms with Gasteiger partial charge in [-0.3, -0.25) is 4.79 Å². The molecule has 21 heavy (non-hydrogen) atoms. The zero-order valence-electron chi connectivity index (χ0n) is 11.7. The number of pyridine rings is 1. The first kappa shape index (κ1) is 15.6. The first-order valence-electron chi connectivity index (χ1n) is 6.56.